The van der Waals surface area contributed by atoms with Crippen LogP contribution in [-0.4, -0.2) is 36.5 Å². The minimum absolute atomic E-state index is 0.0306. The Morgan fingerprint density at radius 2 is 2.29 bits per heavy atom. The van der Waals surface area contributed by atoms with Gasteiger partial charge in [-0.05, 0) is 31.0 Å². The summed E-state index contributed by atoms with van der Waals surface area (Å²) in [6.07, 6.45) is 1.97. The van der Waals surface area contributed by atoms with Crippen molar-refractivity contribution in [2.24, 2.45) is 0 Å². The van der Waals surface area contributed by atoms with Crippen molar-refractivity contribution in [2.45, 2.75) is 18.9 Å². The summed E-state index contributed by atoms with van der Waals surface area (Å²) >= 11 is 0. The lowest BCUT2D eigenvalue weighted by molar-refractivity contribution is 0.0682. The summed E-state index contributed by atoms with van der Waals surface area (Å²) < 4.78 is 23.7. The predicted octanol–water partition coefficient (Wildman–Crippen LogP) is 0.0633. The zero-order chi connectivity index (χ0) is 12.3. The molecule has 1 heterocycles. The quantitative estimate of drug-likeness (QED) is 0.731. The number of ether oxygens (including phenoxy) is 2. The molecule has 2 N–H and O–H groups in total. The molecule has 92 valence electrons. The summed E-state index contributed by atoms with van der Waals surface area (Å²) in [7, 11) is -1.75. The van der Waals surface area contributed by atoms with Crippen molar-refractivity contribution in [1.29, 1.82) is 0 Å². The first kappa shape index (κ1) is 12.4. The number of hydrogen-bond donors (Lipinski definition) is 2. The van der Waals surface area contributed by atoms with Gasteiger partial charge in [0.25, 0.3) is 0 Å². The van der Waals surface area contributed by atoms with Crippen LogP contribution in [0, 0.1) is 5.82 Å². The van der Waals surface area contributed by atoms with Gasteiger partial charge in [-0.3, -0.25) is 0 Å². The molecular weight excluding hydrogens is 226 g/mol. The highest BCUT2D eigenvalue weighted by molar-refractivity contribution is 6.59. The molecule has 4 nitrogen and oxygen atoms in total. The lowest BCUT2D eigenvalue weighted by Crippen LogP contribution is -2.32. The van der Waals surface area contributed by atoms with Crippen molar-refractivity contribution in [2.75, 3.05) is 13.2 Å². The molecule has 0 aromatic heterocycles. The molecule has 2 rings (SSSR count). The van der Waals surface area contributed by atoms with Crippen LogP contribution in [0.1, 0.15) is 12.8 Å². The van der Waals surface area contributed by atoms with Gasteiger partial charge in [0.05, 0.1) is 6.10 Å². The van der Waals surface area contributed by atoms with Gasteiger partial charge in [0.2, 0.25) is 0 Å². The summed E-state index contributed by atoms with van der Waals surface area (Å²) in [6.45, 7) is 1.07. The van der Waals surface area contributed by atoms with Crippen LogP contribution in [0.25, 0.3) is 0 Å². The number of benzene rings is 1. The van der Waals surface area contributed by atoms with E-state index in [-0.39, 0.29) is 17.3 Å². The normalized spacial score (nSPS) is 19.4. The maximum Gasteiger partial charge on any atom is 0.492 e. The second-order valence-corrected chi connectivity index (χ2v) is 4.00. The Morgan fingerprint density at radius 3 is 2.94 bits per heavy atom. The minimum Gasteiger partial charge on any atom is -0.491 e. The van der Waals surface area contributed by atoms with Gasteiger partial charge in [-0.1, -0.05) is 0 Å². The van der Waals surface area contributed by atoms with Crippen molar-refractivity contribution >= 4 is 12.6 Å². The predicted molar refractivity (Wildman–Crippen MR) is 60.7 cm³/mol. The van der Waals surface area contributed by atoms with Crippen LogP contribution < -0.4 is 10.2 Å². The van der Waals surface area contributed by atoms with Crippen LogP contribution in [0.3, 0.4) is 0 Å². The fourth-order valence-corrected chi connectivity index (χ4v) is 1.81. The van der Waals surface area contributed by atoms with Crippen LogP contribution in [0.15, 0.2) is 18.2 Å². The zero-order valence-corrected chi connectivity index (χ0v) is 9.30. The Kier molecular flexibility index (Phi) is 3.99. The van der Waals surface area contributed by atoms with E-state index in [0.29, 0.717) is 6.61 Å². The first-order valence-corrected chi connectivity index (χ1v) is 5.57. The van der Waals surface area contributed by atoms with Gasteiger partial charge < -0.3 is 19.5 Å². The van der Waals surface area contributed by atoms with E-state index in [1.54, 1.807) is 0 Å². The van der Waals surface area contributed by atoms with Crippen molar-refractivity contribution in [3.63, 3.8) is 0 Å². The van der Waals surface area contributed by atoms with Crippen LogP contribution in [0.2, 0.25) is 0 Å². The molecule has 1 aliphatic heterocycles. The molecule has 0 aliphatic carbocycles. The highest BCUT2D eigenvalue weighted by Gasteiger charge is 2.20. The van der Waals surface area contributed by atoms with E-state index >= 15 is 0 Å². The second kappa shape index (κ2) is 5.49. The molecule has 0 saturated carbocycles. The summed E-state index contributed by atoms with van der Waals surface area (Å²) in [5, 5.41) is 18.2. The topological polar surface area (TPSA) is 58.9 Å². The molecule has 0 bridgehead atoms. The molecule has 1 aromatic rings. The molecule has 0 spiro atoms. The van der Waals surface area contributed by atoms with Gasteiger partial charge >= 0.3 is 7.12 Å². The Labute approximate surface area is 99.1 Å². The Morgan fingerprint density at radius 1 is 1.47 bits per heavy atom. The first-order chi connectivity index (χ1) is 8.16. The monoisotopic (exact) mass is 240 g/mol. The largest absolute Gasteiger partial charge is 0.492 e. The third-order valence-electron chi connectivity index (χ3n) is 2.70. The maximum absolute atomic E-state index is 12.9. The first-order valence-electron chi connectivity index (χ1n) is 5.57. The average molecular weight is 240 g/mol. The molecule has 1 fully saturated rings. The van der Waals surface area contributed by atoms with E-state index in [4.69, 9.17) is 19.5 Å². The van der Waals surface area contributed by atoms with E-state index in [1.165, 1.54) is 12.1 Å². The van der Waals surface area contributed by atoms with Crippen molar-refractivity contribution in [1.82, 2.24) is 0 Å². The Balaban J connectivity index is 2.03. The summed E-state index contributed by atoms with van der Waals surface area (Å²) in [6, 6.07) is 3.66. The van der Waals surface area contributed by atoms with Crippen molar-refractivity contribution in [3.8, 4) is 5.75 Å². The third kappa shape index (κ3) is 3.18. The highest BCUT2D eigenvalue weighted by Crippen LogP contribution is 2.15. The standard InChI is InChI=1S/C11H14BFO4/c13-8-3-4-11(10(6-8)12(14)15)17-7-9-2-1-5-16-9/h3-4,6,9,14-15H,1-2,5,7H2/t9-/m0/s1. The average Bonchev–Trinajstić information content (AvgIpc) is 2.80. The maximum atomic E-state index is 12.9. The lowest BCUT2D eigenvalue weighted by Gasteiger charge is -2.14. The summed E-state index contributed by atoms with van der Waals surface area (Å²) in [5.74, 6) is -0.255. The van der Waals surface area contributed by atoms with Crippen molar-refractivity contribution in [3.05, 3.63) is 24.0 Å². The van der Waals surface area contributed by atoms with Crippen LogP contribution >= 0.6 is 0 Å². The van der Waals surface area contributed by atoms with E-state index in [9.17, 15) is 4.39 Å². The molecule has 0 unspecified atom stereocenters. The fraction of sp³-hybridized carbons (Fsp3) is 0.455. The summed E-state index contributed by atoms with van der Waals surface area (Å²) in [4.78, 5) is 0. The van der Waals surface area contributed by atoms with Gasteiger partial charge in [-0.15, -0.1) is 0 Å². The van der Waals surface area contributed by atoms with Crippen LogP contribution in [-0.2, 0) is 4.74 Å². The van der Waals surface area contributed by atoms with Gasteiger partial charge in [0, 0.05) is 12.1 Å². The Hall–Kier alpha value is -1.11. The van der Waals surface area contributed by atoms with E-state index in [0.717, 1.165) is 25.5 Å². The number of halogens is 1. The van der Waals surface area contributed by atoms with E-state index in [2.05, 4.69) is 0 Å². The molecule has 1 aliphatic rings. The third-order valence-corrected chi connectivity index (χ3v) is 2.70. The van der Waals surface area contributed by atoms with Gasteiger partial charge in [-0.25, -0.2) is 4.39 Å². The highest BCUT2D eigenvalue weighted by atomic mass is 19.1. The second-order valence-electron chi connectivity index (χ2n) is 4.00. The SMILES string of the molecule is OB(O)c1cc(F)ccc1OC[C@@H]1CCCO1. The molecule has 0 amide bonds. The molecule has 1 saturated heterocycles. The molecule has 1 aromatic carbocycles. The van der Waals surface area contributed by atoms with E-state index in [1.807, 2.05) is 0 Å². The number of rotatable bonds is 4. The lowest BCUT2D eigenvalue weighted by atomic mass is 9.79. The molecule has 6 heteroatoms. The Bertz CT molecular complexity index is 380. The smallest absolute Gasteiger partial charge is 0.491 e. The van der Waals surface area contributed by atoms with Crippen LogP contribution in [0.5, 0.6) is 5.75 Å². The number of hydrogen-bond acceptors (Lipinski definition) is 4. The van der Waals surface area contributed by atoms with Crippen LogP contribution in [0.4, 0.5) is 4.39 Å². The minimum atomic E-state index is -1.75. The summed E-state index contributed by atoms with van der Waals surface area (Å²) in [5.41, 5.74) is 0.0306. The van der Waals surface area contributed by atoms with Gasteiger partial charge in [0.1, 0.15) is 18.2 Å². The molecule has 17 heavy (non-hydrogen) atoms. The molecule has 0 radical (unpaired) electrons. The van der Waals surface area contributed by atoms with E-state index < -0.39 is 12.9 Å². The molecule has 1 atom stereocenters. The fourth-order valence-electron chi connectivity index (χ4n) is 1.81. The van der Waals surface area contributed by atoms with Gasteiger partial charge in [-0.2, -0.15) is 0 Å². The van der Waals surface area contributed by atoms with Crippen molar-refractivity contribution < 1.29 is 23.9 Å². The molecular formula is C11H14BFO4. The van der Waals surface area contributed by atoms with Gasteiger partial charge in [0.15, 0.2) is 0 Å². The zero-order valence-electron chi connectivity index (χ0n) is 9.30.